The Morgan fingerprint density at radius 2 is 2.00 bits per heavy atom. The van der Waals surface area contributed by atoms with Crippen molar-refractivity contribution in [1.82, 2.24) is 14.8 Å². The van der Waals surface area contributed by atoms with E-state index in [0.717, 1.165) is 50.0 Å². The molecule has 0 aliphatic carbocycles. The summed E-state index contributed by atoms with van der Waals surface area (Å²) in [5.74, 6) is 1.66. The largest absolute Gasteiger partial charge is 0.361 e. The summed E-state index contributed by atoms with van der Waals surface area (Å²) in [6.07, 6.45) is 6.41. The van der Waals surface area contributed by atoms with Crippen LogP contribution in [0.5, 0.6) is 0 Å². The zero-order chi connectivity index (χ0) is 17.9. The van der Waals surface area contributed by atoms with Crippen molar-refractivity contribution < 1.29 is 9.59 Å². The molecule has 1 atom stereocenters. The molecule has 2 aliphatic heterocycles. The van der Waals surface area contributed by atoms with Gasteiger partial charge >= 0.3 is 0 Å². The normalized spacial score (nSPS) is 20.2. The minimum Gasteiger partial charge on any atom is -0.361 e. The van der Waals surface area contributed by atoms with Gasteiger partial charge in [-0.25, -0.2) is 0 Å². The maximum Gasteiger partial charge on any atom is 0.246 e. The third-order valence-electron chi connectivity index (χ3n) is 5.42. The molecule has 3 heterocycles. The quantitative estimate of drug-likeness (QED) is 0.879. The number of carbonyl (C=O) groups excluding carboxylic acids is 2. The fourth-order valence-electron chi connectivity index (χ4n) is 3.95. The van der Waals surface area contributed by atoms with Gasteiger partial charge in [0.05, 0.1) is 5.88 Å². The van der Waals surface area contributed by atoms with Crippen molar-refractivity contribution in [2.75, 3.05) is 24.7 Å². The van der Waals surface area contributed by atoms with E-state index in [2.05, 4.69) is 17.1 Å². The molecule has 26 heavy (non-hydrogen) atoms. The van der Waals surface area contributed by atoms with E-state index in [1.165, 1.54) is 10.9 Å². The van der Waals surface area contributed by atoms with E-state index in [9.17, 15) is 9.59 Å². The van der Waals surface area contributed by atoms with E-state index >= 15 is 0 Å². The lowest BCUT2D eigenvalue weighted by Gasteiger charge is -2.27. The van der Waals surface area contributed by atoms with E-state index in [-0.39, 0.29) is 17.9 Å². The van der Waals surface area contributed by atoms with Crippen LogP contribution in [-0.2, 0) is 16.0 Å². The number of para-hydroxylation sites is 1. The lowest BCUT2D eigenvalue weighted by Crippen LogP contribution is -2.48. The third-order valence-corrected chi connectivity index (χ3v) is 6.43. The molecule has 4 rings (SSSR count). The number of aromatic nitrogens is 1. The Kier molecular flexibility index (Phi) is 5.20. The van der Waals surface area contributed by atoms with Crippen LogP contribution in [0.1, 0.15) is 31.2 Å². The highest BCUT2D eigenvalue weighted by atomic mass is 32.2. The molecule has 0 radical (unpaired) electrons. The van der Waals surface area contributed by atoms with Gasteiger partial charge in [-0.05, 0) is 37.3 Å². The number of hydrogen-bond donors (Lipinski definition) is 1. The molecule has 2 amide bonds. The molecule has 0 bridgehead atoms. The summed E-state index contributed by atoms with van der Waals surface area (Å²) in [5.41, 5.74) is 2.40. The first-order chi connectivity index (χ1) is 12.7. The molecule has 0 saturated carbocycles. The molecule has 6 heteroatoms. The number of likely N-dealkylation sites (tertiary alicyclic amines) is 1. The number of benzene rings is 1. The number of carbonyl (C=O) groups is 2. The highest BCUT2D eigenvalue weighted by molar-refractivity contribution is 7.99. The van der Waals surface area contributed by atoms with Gasteiger partial charge in [0.25, 0.3) is 0 Å². The molecule has 1 N–H and O–H groups in total. The van der Waals surface area contributed by atoms with Gasteiger partial charge in [-0.1, -0.05) is 18.2 Å². The maximum absolute atomic E-state index is 12.7. The second-order valence-corrected chi connectivity index (χ2v) is 8.12. The van der Waals surface area contributed by atoms with Crippen LogP contribution in [0.15, 0.2) is 30.5 Å². The van der Waals surface area contributed by atoms with Crippen molar-refractivity contribution in [3.8, 4) is 0 Å². The second kappa shape index (κ2) is 7.74. The van der Waals surface area contributed by atoms with Crippen molar-refractivity contribution in [3.05, 3.63) is 36.0 Å². The van der Waals surface area contributed by atoms with Crippen molar-refractivity contribution in [2.24, 2.45) is 0 Å². The smallest absolute Gasteiger partial charge is 0.246 e. The van der Waals surface area contributed by atoms with Gasteiger partial charge < -0.3 is 14.8 Å². The van der Waals surface area contributed by atoms with Gasteiger partial charge in [-0.15, -0.1) is 11.8 Å². The minimum absolute atomic E-state index is 0.118. The molecule has 5 nitrogen and oxygen atoms in total. The van der Waals surface area contributed by atoms with Gasteiger partial charge in [0.15, 0.2) is 0 Å². The number of hydrogen-bond acceptors (Lipinski definition) is 3. The fourth-order valence-corrected chi connectivity index (χ4v) is 5.13. The lowest BCUT2D eigenvalue weighted by molar-refractivity contribution is -0.142. The monoisotopic (exact) mass is 371 g/mol. The molecule has 1 aromatic heterocycles. The molecule has 2 aromatic rings. The molecule has 2 saturated heterocycles. The number of fused-ring (bicyclic) bond motifs is 1. The first-order valence-electron chi connectivity index (χ1n) is 9.45. The van der Waals surface area contributed by atoms with Gasteiger partial charge in [-0.3, -0.25) is 9.59 Å². The highest BCUT2D eigenvalue weighted by Gasteiger charge is 2.37. The molecule has 0 unspecified atom stereocenters. The van der Waals surface area contributed by atoms with Crippen molar-refractivity contribution >= 4 is 34.5 Å². The molecule has 2 aliphatic rings. The number of nitrogens with zero attached hydrogens (tertiary/aromatic N) is 2. The third kappa shape index (κ3) is 3.47. The molecule has 138 valence electrons. The molecule has 2 fully saturated rings. The van der Waals surface area contributed by atoms with Crippen LogP contribution in [-0.4, -0.2) is 57.4 Å². The van der Waals surface area contributed by atoms with Crippen LogP contribution in [0, 0.1) is 0 Å². The topological polar surface area (TPSA) is 56.4 Å². The van der Waals surface area contributed by atoms with Crippen molar-refractivity contribution in [1.29, 1.82) is 0 Å². The number of aryl methyl sites for hydroxylation is 1. The lowest BCUT2D eigenvalue weighted by atomic mass is 10.1. The summed E-state index contributed by atoms with van der Waals surface area (Å²) in [6.45, 7) is 1.70. The number of thioether (sulfide) groups is 1. The van der Waals surface area contributed by atoms with E-state index in [4.69, 9.17) is 0 Å². The minimum atomic E-state index is -0.251. The second-order valence-electron chi connectivity index (χ2n) is 7.12. The van der Waals surface area contributed by atoms with Gasteiger partial charge in [0, 0.05) is 42.4 Å². The summed E-state index contributed by atoms with van der Waals surface area (Å²) in [7, 11) is 0. The van der Waals surface area contributed by atoms with E-state index in [0.29, 0.717) is 12.3 Å². The molecule has 1 aromatic carbocycles. The zero-order valence-corrected chi connectivity index (χ0v) is 15.8. The maximum atomic E-state index is 12.7. The average molecular weight is 372 g/mol. The Labute approximate surface area is 158 Å². The summed E-state index contributed by atoms with van der Waals surface area (Å²) < 4.78 is 0. The van der Waals surface area contributed by atoms with Gasteiger partial charge in [0.2, 0.25) is 11.8 Å². The van der Waals surface area contributed by atoms with Crippen molar-refractivity contribution in [2.45, 2.75) is 38.1 Å². The van der Waals surface area contributed by atoms with Crippen LogP contribution in [0.2, 0.25) is 0 Å². The summed E-state index contributed by atoms with van der Waals surface area (Å²) in [6, 6.07) is 8.00. The van der Waals surface area contributed by atoms with Crippen LogP contribution >= 0.6 is 11.8 Å². The number of rotatable bonds is 5. The Bertz CT molecular complexity index is 797. The van der Waals surface area contributed by atoms with Gasteiger partial charge in [0.1, 0.15) is 6.04 Å². The molecular weight excluding hydrogens is 346 g/mol. The summed E-state index contributed by atoms with van der Waals surface area (Å²) in [5, 5.41) is 1.23. The van der Waals surface area contributed by atoms with Crippen LogP contribution in [0.3, 0.4) is 0 Å². The number of amides is 2. The molecule has 0 spiro atoms. The van der Waals surface area contributed by atoms with Crippen molar-refractivity contribution in [3.63, 3.8) is 0 Å². The summed E-state index contributed by atoms with van der Waals surface area (Å²) in [4.78, 5) is 32.4. The predicted octanol–water partition coefficient (Wildman–Crippen LogP) is 3.01. The Balaban J connectivity index is 1.33. The van der Waals surface area contributed by atoms with E-state index in [1.54, 1.807) is 16.7 Å². The first kappa shape index (κ1) is 17.5. The van der Waals surface area contributed by atoms with E-state index in [1.807, 2.05) is 23.2 Å². The van der Waals surface area contributed by atoms with Gasteiger partial charge in [-0.2, -0.15) is 0 Å². The highest BCUT2D eigenvalue weighted by Crippen LogP contribution is 2.26. The Morgan fingerprint density at radius 1 is 1.19 bits per heavy atom. The molecular formula is C20H25N3O2S. The Hall–Kier alpha value is -1.95. The standard InChI is InChI=1S/C20H25N3O2S/c24-19(9-5-6-15-12-21-17-8-2-1-7-16(15)17)23-14-26-13-18(23)20(25)22-10-3-4-11-22/h1-2,7-8,12,18,21H,3-6,9-11,13-14H2/t18-/m0/s1. The summed E-state index contributed by atoms with van der Waals surface area (Å²) >= 11 is 1.69. The van der Waals surface area contributed by atoms with Crippen LogP contribution in [0.25, 0.3) is 10.9 Å². The van der Waals surface area contributed by atoms with Crippen LogP contribution < -0.4 is 0 Å². The fraction of sp³-hybridized carbons (Fsp3) is 0.500. The van der Waals surface area contributed by atoms with E-state index < -0.39 is 0 Å². The number of H-pyrrole nitrogens is 1. The van der Waals surface area contributed by atoms with Crippen LogP contribution in [0.4, 0.5) is 0 Å². The zero-order valence-electron chi connectivity index (χ0n) is 14.9. The number of nitrogens with one attached hydrogen (secondary N) is 1. The number of aromatic amines is 1. The average Bonchev–Trinajstić information content (AvgIpc) is 3.41. The Morgan fingerprint density at radius 3 is 2.85 bits per heavy atom. The SMILES string of the molecule is O=C([C@@H]1CSCN1C(=O)CCCc1c[nH]c2ccccc12)N1CCCC1. The predicted molar refractivity (Wildman–Crippen MR) is 105 cm³/mol. The first-order valence-corrected chi connectivity index (χ1v) is 10.6.